The molecule has 1 aromatic carbocycles. The summed E-state index contributed by atoms with van der Waals surface area (Å²) >= 11 is 0. The first-order chi connectivity index (χ1) is 7.70. The van der Waals surface area contributed by atoms with E-state index < -0.39 is 0 Å². The molecule has 0 atom stereocenters. The molecule has 3 N–H and O–H groups in total. The van der Waals surface area contributed by atoms with E-state index in [9.17, 15) is 4.79 Å². The molecular formula is C12H16N2O2. The first-order valence-electron chi connectivity index (χ1n) is 5.46. The van der Waals surface area contributed by atoms with Crippen molar-refractivity contribution >= 4 is 11.6 Å². The predicted octanol–water partition coefficient (Wildman–Crippen LogP) is 0.981. The fraction of sp³-hybridized carbons (Fsp3) is 0.417. The average molecular weight is 220 g/mol. The van der Waals surface area contributed by atoms with Gasteiger partial charge in [0.1, 0.15) is 0 Å². The third kappa shape index (κ3) is 2.17. The molecule has 1 aromatic rings. The SMILES string of the molecule is CNc1ccccc1C(=O)NC1CC(O)C1. The summed E-state index contributed by atoms with van der Waals surface area (Å²) in [4.78, 5) is 11.9. The molecule has 0 heterocycles. The fourth-order valence-electron chi connectivity index (χ4n) is 1.87. The maximum Gasteiger partial charge on any atom is 0.253 e. The van der Waals surface area contributed by atoms with E-state index in [0.717, 1.165) is 5.69 Å². The Morgan fingerprint density at radius 2 is 2.06 bits per heavy atom. The minimum atomic E-state index is -0.246. The van der Waals surface area contributed by atoms with Gasteiger partial charge in [-0.1, -0.05) is 12.1 Å². The molecule has 1 fully saturated rings. The number of aliphatic hydroxyl groups excluding tert-OH is 1. The zero-order chi connectivity index (χ0) is 11.5. The molecule has 0 spiro atoms. The summed E-state index contributed by atoms with van der Waals surface area (Å²) < 4.78 is 0. The molecule has 1 aliphatic rings. The molecule has 0 bridgehead atoms. The number of benzene rings is 1. The van der Waals surface area contributed by atoms with E-state index in [1.54, 1.807) is 13.1 Å². The Balaban J connectivity index is 2.03. The van der Waals surface area contributed by atoms with Gasteiger partial charge < -0.3 is 15.7 Å². The molecule has 1 saturated carbocycles. The second kappa shape index (κ2) is 4.53. The Bertz CT molecular complexity index is 386. The maximum absolute atomic E-state index is 11.9. The molecule has 86 valence electrons. The van der Waals surface area contributed by atoms with E-state index in [2.05, 4.69) is 10.6 Å². The summed E-state index contributed by atoms with van der Waals surface area (Å²) in [5.74, 6) is -0.0816. The lowest BCUT2D eigenvalue weighted by atomic mass is 9.89. The topological polar surface area (TPSA) is 61.4 Å². The van der Waals surface area contributed by atoms with Crippen molar-refractivity contribution < 1.29 is 9.90 Å². The van der Waals surface area contributed by atoms with Crippen LogP contribution < -0.4 is 10.6 Å². The lowest BCUT2D eigenvalue weighted by Crippen LogP contribution is -2.46. The standard InChI is InChI=1S/C12H16N2O2/c1-13-11-5-3-2-4-10(11)12(16)14-8-6-9(15)7-8/h2-5,8-9,13,15H,6-7H2,1H3,(H,14,16). The van der Waals surface area contributed by atoms with Crippen LogP contribution in [0.2, 0.25) is 0 Å². The highest BCUT2D eigenvalue weighted by molar-refractivity contribution is 5.99. The summed E-state index contributed by atoms with van der Waals surface area (Å²) in [6.07, 6.45) is 1.07. The van der Waals surface area contributed by atoms with Gasteiger partial charge in [-0.05, 0) is 25.0 Å². The van der Waals surface area contributed by atoms with Crippen molar-refractivity contribution in [3.63, 3.8) is 0 Å². The van der Waals surface area contributed by atoms with E-state index >= 15 is 0 Å². The Kier molecular flexibility index (Phi) is 3.10. The van der Waals surface area contributed by atoms with Crippen LogP contribution in [0.4, 0.5) is 5.69 Å². The molecule has 0 aromatic heterocycles. The van der Waals surface area contributed by atoms with Gasteiger partial charge in [-0.15, -0.1) is 0 Å². The number of anilines is 1. The summed E-state index contributed by atoms with van der Waals surface area (Å²) in [5, 5.41) is 15.0. The van der Waals surface area contributed by atoms with E-state index in [4.69, 9.17) is 5.11 Å². The van der Waals surface area contributed by atoms with Gasteiger partial charge in [-0.3, -0.25) is 4.79 Å². The molecule has 1 aliphatic carbocycles. The lowest BCUT2D eigenvalue weighted by Gasteiger charge is -2.32. The number of amides is 1. The average Bonchev–Trinajstić information content (AvgIpc) is 2.27. The smallest absolute Gasteiger partial charge is 0.253 e. The molecule has 2 rings (SSSR count). The predicted molar refractivity (Wildman–Crippen MR) is 62.5 cm³/mol. The van der Waals surface area contributed by atoms with Crippen LogP contribution >= 0.6 is 0 Å². The Morgan fingerprint density at radius 1 is 1.38 bits per heavy atom. The zero-order valence-corrected chi connectivity index (χ0v) is 9.23. The molecule has 0 unspecified atom stereocenters. The highest BCUT2D eigenvalue weighted by atomic mass is 16.3. The quantitative estimate of drug-likeness (QED) is 0.711. The van der Waals surface area contributed by atoms with E-state index in [1.165, 1.54) is 0 Å². The monoisotopic (exact) mass is 220 g/mol. The van der Waals surface area contributed by atoms with Crippen LogP contribution in [0.25, 0.3) is 0 Å². The van der Waals surface area contributed by atoms with Gasteiger partial charge >= 0.3 is 0 Å². The minimum Gasteiger partial charge on any atom is -0.393 e. The molecule has 4 heteroatoms. The van der Waals surface area contributed by atoms with Crippen LogP contribution in [-0.2, 0) is 0 Å². The van der Waals surface area contributed by atoms with Crippen LogP contribution in [0.15, 0.2) is 24.3 Å². The van der Waals surface area contributed by atoms with E-state index in [-0.39, 0.29) is 18.1 Å². The molecule has 0 aliphatic heterocycles. The molecule has 0 saturated heterocycles. The molecule has 4 nitrogen and oxygen atoms in total. The summed E-state index contributed by atoms with van der Waals surface area (Å²) in [6, 6.07) is 7.49. The van der Waals surface area contributed by atoms with Gasteiger partial charge in [0.05, 0.1) is 11.7 Å². The molecule has 16 heavy (non-hydrogen) atoms. The van der Waals surface area contributed by atoms with Gasteiger partial charge in [0.15, 0.2) is 0 Å². The van der Waals surface area contributed by atoms with Crippen molar-refractivity contribution in [1.29, 1.82) is 0 Å². The van der Waals surface area contributed by atoms with Crippen LogP contribution in [-0.4, -0.2) is 30.2 Å². The van der Waals surface area contributed by atoms with Crippen molar-refractivity contribution in [3.05, 3.63) is 29.8 Å². The molecule has 1 amide bonds. The lowest BCUT2D eigenvalue weighted by molar-refractivity contribution is 0.0563. The van der Waals surface area contributed by atoms with Gasteiger partial charge in [0, 0.05) is 18.8 Å². The number of aliphatic hydroxyl groups is 1. The fourth-order valence-corrected chi connectivity index (χ4v) is 1.87. The molecule has 0 radical (unpaired) electrons. The van der Waals surface area contributed by atoms with Crippen LogP contribution in [0, 0.1) is 0 Å². The first kappa shape index (κ1) is 11.0. The number of hydrogen-bond donors (Lipinski definition) is 3. The first-order valence-corrected chi connectivity index (χ1v) is 5.46. The third-order valence-electron chi connectivity index (χ3n) is 2.89. The number of para-hydroxylation sites is 1. The van der Waals surface area contributed by atoms with Crippen molar-refractivity contribution in [3.8, 4) is 0 Å². The van der Waals surface area contributed by atoms with E-state index in [1.807, 2.05) is 18.2 Å². The van der Waals surface area contributed by atoms with Gasteiger partial charge in [0.2, 0.25) is 0 Å². The van der Waals surface area contributed by atoms with Gasteiger partial charge in [-0.25, -0.2) is 0 Å². The second-order valence-corrected chi connectivity index (χ2v) is 4.09. The highest BCUT2D eigenvalue weighted by Crippen LogP contribution is 2.21. The van der Waals surface area contributed by atoms with Gasteiger partial charge in [-0.2, -0.15) is 0 Å². The zero-order valence-electron chi connectivity index (χ0n) is 9.23. The second-order valence-electron chi connectivity index (χ2n) is 4.09. The Labute approximate surface area is 94.7 Å². The number of rotatable bonds is 3. The summed E-state index contributed by atoms with van der Waals surface area (Å²) in [5.41, 5.74) is 1.46. The molecular weight excluding hydrogens is 204 g/mol. The normalized spacial score (nSPS) is 23.4. The van der Waals surface area contributed by atoms with Crippen LogP contribution in [0.1, 0.15) is 23.2 Å². The van der Waals surface area contributed by atoms with Crippen LogP contribution in [0.3, 0.4) is 0 Å². The Morgan fingerprint density at radius 3 is 2.69 bits per heavy atom. The highest BCUT2D eigenvalue weighted by Gasteiger charge is 2.28. The van der Waals surface area contributed by atoms with Gasteiger partial charge in [0.25, 0.3) is 5.91 Å². The third-order valence-corrected chi connectivity index (χ3v) is 2.89. The van der Waals surface area contributed by atoms with Crippen molar-refractivity contribution in [2.24, 2.45) is 0 Å². The Hall–Kier alpha value is -1.55. The minimum absolute atomic E-state index is 0.0816. The van der Waals surface area contributed by atoms with Crippen molar-refractivity contribution in [1.82, 2.24) is 5.32 Å². The largest absolute Gasteiger partial charge is 0.393 e. The maximum atomic E-state index is 11.9. The van der Waals surface area contributed by atoms with Crippen molar-refractivity contribution in [2.75, 3.05) is 12.4 Å². The number of hydrogen-bond acceptors (Lipinski definition) is 3. The van der Waals surface area contributed by atoms with Crippen molar-refractivity contribution in [2.45, 2.75) is 25.0 Å². The van der Waals surface area contributed by atoms with E-state index in [0.29, 0.717) is 18.4 Å². The number of nitrogens with one attached hydrogen (secondary N) is 2. The summed E-state index contributed by atoms with van der Waals surface area (Å²) in [7, 11) is 1.79. The number of carbonyl (C=O) groups excluding carboxylic acids is 1. The number of carbonyl (C=O) groups is 1. The summed E-state index contributed by atoms with van der Waals surface area (Å²) in [6.45, 7) is 0. The van der Waals surface area contributed by atoms with Crippen LogP contribution in [0.5, 0.6) is 0 Å².